The summed E-state index contributed by atoms with van der Waals surface area (Å²) in [4.78, 5) is 24.3. The minimum atomic E-state index is -0.844. The third-order valence-corrected chi connectivity index (χ3v) is 5.51. The molecule has 31 heavy (non-hydrogen) atoms. The molecule has 4 rings (SSSR count). The molecule has 7 heteroatoms. The second-order valence-electron chi connectivity index (χ2n) is 6.96. The largest absolute Gasteiger partial charge is 0.467 e. The van der Waals surface area contributed by atoms with Gasteiger partial charge in [0, 0.05) is 11.8 Å². The highest BCUT2D eigenvalue weighted by atomic mass is 32.1. The first-order valence-corrected chi connectivity index (χ1v) is 10.7. The van der Waals surface area contributed by atoms with Crippen LogP contribution in [-0.2, 0) is 27.3 Å². The summed E-state index contributed by atoms with van der Waals surface area (Å²) in [6.07, 6.45) is -0.413. The van der Waals surface area contributed by atoms with Crippen LogP contribution in [0.4, 0.5) is 4.79 Å². The summed E-state index contributed by atoms with van der Waals surface area (Å²) < 4.78 is 15.8. The summed E-state index contributed by atoms with van der Waals surface area (Å²) in [5.74, 6) is -0.0178. The molecule has 1 atom stereocenters. The van der Waals surface area contributed by atoms with Crippen LogP contribution in [0.5, 0.6) is 0 Å². The monoisotopic (exact) mass is 435 g/mol. The number of thiophene rings is 1. The Kier molecular flexibility index (Phi) is 6.33. The highest BCUT2D eigenvalue weighted by Crippen LogP contribution is 2.28. The molecule has 0 aliphatic heterocycles. The molecule has 1 amide bonds. The van der Waals surface area contributed by atoms with Gasteiger partial charge in [-0.05, 0) is 51.7 Å². The number of fused-ring (bicyclic) bond motifs is 1. The molecule has 0 bridgehead atoms. The van der Waals surface area contributed by atoms with Crippen LogP contribution in [0, 0.1) is 0 Å². The number of methoxy groups -OCH3 is 1. The second-order valence-corrected chi connectivity index (χ2v) is 7.74. The highest BCUT2D eigenvalue weighted by Gasteiger charge is 2.23. The third-order valence-electron chi connectivity index (χ3n) is 4.83. The Morgan fingerprint density at radius 3 is 2.65 bits per heavy atom. The summed E-state index contributed by atoms with van der Waals surface area (Å²) in [5.41, 5.74) is 3.87. The zero-order chi connectivity index (χ0) is 21.6. The van der Waals surface area contributed by atoms with Gasteiger partial charge >= 0.3 is 12.1 Å². The normalized spacial score (nSPS) is 11.8. The first-order chi connectivity index (χ1) is 15.1. The van der Waals surface area contributed by atoms with E-state index in [-0.39, 0.29) is 6.61 Å². The smallest absolute Gasteiger partial charge is 0.408 e. The van der Waals surface area contributed by atoms with Crippen LogP contribution in [0.1, 0.15) is 11.3 Å². The molecular weight excluding hydrogens is 414 g/mol. The average Bonchev–Trinajstić information content (AvgIpc) is 3.46. The van der Waals surface area contributed by atoms with Crippen LogP contribution in [0.3, 0.4) is 0 Å². The van der Waals surface area contributed by atoms with Crippen LogP contribution in [0.15, 0.2) is 75.8 Å². The molecule has 0 radical (unpaired) electrons. The molecule has 158 valence electrons. The van der Waals surface area contributed by atoms with Crippen molar-refractivity contribution >= 4 is 34.4 Å². The third kappa shape index (κ3) is 5.13. The fourth-order valence-corrected chi connectivity index (χ4v) is 3.95. The predicted octanol–water partition coefficient (Wildman–Crippen LogP) is 5.17. The number of nitrogens with one attached hydrogen (secondary N) is 1. The van der Waals surface area contributed by atoms with Gasteiger partial charge in [-0.2, -0.15) is 11.3 Å². The molecule has 0 aliphatic rings. The molecule has 2 heterocycles. The van der Waals surface area contributed by atoms with E-state index in [9.17, 15) is 9.59 Å². The Labute approximate surface area is 183 Å². The number of benzene rings is 2. The first-order valence-electron chi connectivity index (χ1n) is 9.72. The average molecular weight is 436 g/mol. The number of amides is 1. The molecular formula is C24H21NO5S. The maximum atomic E-state index is 12.3. The van der Waals surface area contributed by atoms with Crippen LogP contribution < -0.4 is 5.32 Å². The molecule has 0 saturated carbocycles. The van der Waals surface area contributed by atoms with E-state index < -0.39 is 18.1 Å². The molecule has 0 fully saturated rings. The van der Waals surface area contributed by atoms with Crippen molar-refractivity contribution in [2.75, 3.05) is 7.11 Å². The molecule has 2 aromatic carbocycles. The summed E-state index contributed by atoms with van der Waals surface area (Å²) in [6, 6.07) is 18.4. The van der Waals surface area contributed by atoms with Gasteiger partial charge in [-0.15, -0.1) is 0 Å². The summed E-state index contributed by atoms with van der Waals surface area (Å²) in [7, 11) is 1.28. The molecule has 4 aromatic rings. The molecule has 1 N–H and O–H groups in total. The minimum Gasteiger partial charge on any atom is -0.467 e. The first kappa shape index (κ1) is 20.7. The molecule has 1 unspecified atom stereocenters. The van der Waals surface area contributed by atoms with Gasteiger partial charge in [0.2, 0.25) is 0 Å². The maximum absolute atomic E-state index is 12.3. The lowest BCUT2D eigenvalue weighted by Gasteiger charge is -2.16. The van der Waals surface area contributed by atoms with Gasteiger partial charge in [0.25, 0.3) is 0 Å². The number of alkyl carbamates (subject to hydrolysis) is 1. The van der Waals surface area contributed by atoms with Crippen LogP contribution >= 0.6 is 11.3 Å². The summed E-state index contributed by atoms with van der Waals surface area (Å²) in [6.45, 7) is -0.0481. The Morgan fingerprint density at radius 1 is 1.06 bits per heavy atom. The van der Waals surface area contributed by atoms with Crippen molar-refractivity contribution in [1.82, 2.24) is 5.32 Å². The van der Waals surface area contributed by atoms with Crippen molar-refractivity contribution in [3.63, 3.8) is 0 Å². The number of hydrogen-bond donors (Lipinski definition) is 1. The summed E-state index contributed by atoms with van der Waals surface area (Å²) in [5, 5.41) is 7.62. The number of ether oxygens (including phenoxy) is 2. The lowest BCUT2D eigenvalue weighted by molar-refractivity contribution is -0.143. The van der Waals surface area contributed by atoms with Crippen LogP contribution in [-0.4, -0.2) is 25.2 Å². The molecule has 2 aromatic heterocycles. The standard InChI is InChI=1S/C24H21NO5S/c1-28-23(26)21(11-16-5-3-2-4-6-16)25-24(27)29-14-20-13-19-12-17(7-8-22(19)30-20)18-9-10-31-15-18/h2-10,12-13,15,21H,11,14H2,1H3,(H,25,27). The number of hydrogen-bond acceptors (Lipinski definition) is 6. The number of furan rings is 1. The van der Waals surface area contributed by atoms with E-state index in [1.165, 1.54) is 7.11 Å². The predicted molar refractivity (Wildman–Crippen MR) is 119 cm³/mol. The van der Waals surface area contributed by atoms with Gasteiger partial charge in [-0.25, -0.2) is 9.59 Å². The lowest BCUT2D eigenvalue weighted by Crippen LogP contribution is -2.43. The molecule has 0 spiro atoms. The minimum absolute atomic E-state index is 0.0481. The second kappa shape index (κ2) is 9.49. The quantitative estimate of drug-likeness (QED) is 0.405. The van der Waals surface area contributed by atoms with E-state index in [2.05, 4.69) is 16.8 Å². The van der Waals surface area contributed by atoms with Gasteiger partial charge in [0.15, 0.2) is 6.61 Å². The van der Waals surface area contributed by atoms with Crippen molar-refractivity contribution in [2.24, 2.45) is 0 Å². The topological polar surface area (TPSA) is 77.8 Å². The van der Waals surface area contributed by atoms with Crippen LogP contribution in [0.2, 0.25) is 0 Å². The Morgan fingerprint density at radius 2 is 1.90 bits per heavy atom. The number of carbonyl (C=O) groups is 2. The maximum Gasteiger partial charge on any atom is 0.408 e. The van der Waals surface area contributed by atoms with E-state index in [1.54, 1.807) is 11.3 Å². The molecule has 6 nitrogen and oxygen atoms in total. The fourth-order valence-electron chi connectivity index (χ4n) is 3.28. The Balaban J connectivity index is 1.39. The van der Waals surface area contributed by atoms with Gasteiger partial charge in [-0.3, -0.25) is 0 Å². The SMILES string of the molecule is COC(=O)C(Cc1ccccc1)NC(=O)OCc1cc2cc(-c3ccsc3)ccc2o1. The summed E-state index contributed by atoms with van der Waals surface area (Å²) >= 11 is 1.64. The molecule has 0 aliphatic carbocycles. The van der Waals surface area contributed by atoms with Crippen LogP contribution in [0.25, 0.3) is 22.1 Å². The fraction of sp³-hybridized carbons (Fsp3) is 0.167. The van der Waals surface area contributed by atoms with Gasteiger partial charge < -0.3 is 19.2 Å². The lowest BCUT2D eigenvalue weighted by atomic mass is 10.1. The van der Waals surface area contributed by atoms with E-state index in [1.807, 2.05) is 60.0 Å². The van der Waals surface area contributed by atoms with E-state index in [0.717, 1.165) is 27.7 Å². The van der Waals surface area contributed by atoms with E-state index in [0.29, 0.717) is 12.2 Å². The van der Waals surface area contributed by atoms with Crippen molar-refractivity contribution in [2.45, 2.75) is 19.1 Å². The number of rotatable bonds is 7. The number of esters is 1. The van der Waals surface area contributed by atoms with Crippen molar-refractivity contribution in [3.8, 4) is 11.1 Å². The van der Waals surface area contributed by atoms with Gasteiger partial charge in [-0.1, -0.05) is 36.4 Å². The Hall–Kier alpha value is -3.58. The van der Waals surface area contributed by atoms with Gasteiger partial charge in [0.05, 0.1) is 7.11 Å². The van der Waals surface area contributed by atoms with Crippen molar-refractivity contribution < 1.29 is 23.5 Å². The zero-order valence-corrected chi connectivity index (χ0v) is 17.7. The number of carbonyl (C=O) groups excluding carboxylic acids is 2. The van der Waals surface area contributed by atoms with Crippen molar-refractivity contribution in [3.05, 3.63) is 82.7 Å². The molecule has 0 saturated heterocycles. The van der Waals surface area contributed by atoms with Crippen molar-refractivity contribution in [1.29, 1.82) is 0 Å². The Bertz CT molecular complexity index is 1170. The van der Waals surface area contributed by atoms with E-state index >= 15 is 0 Å². The van der Waals surface area contributed by atoms with E-state index in [4.69, 9.17) is 13.9 Å². The highest BCUT2D eigenvalue weighted by molar-refractivity contribution is 7.08. The zero-order valence-electron chi connectivity index (χ0n) is 16.9. The van der Waals surface area contributed by atoms with Gasteiger partial charge in [0.1, 0.15) is 17.4 Å².